The minimum Gasteiger partial charge on any atom is -0.393 e. The third-order valence-electron chi connectivity index (χ3n) is 15.4. The maximum absolute atomic E-state index is 13.6. The fraction of sp³-hybridized carbons (Fsp3) is 0.596. The Hall–Kier alpha value is -3.80. The maximum atomic E-state index is 13.6. The number of piperidine rings is 1. The SMILES string of the molecule is CC1=C2C[C@H]3[C@@H](CC=C4C[C@@H](O)CC[C@@]43C)[C@@H]2CC[C@]12O[C@@H]1C[C@H](C)CN(CCNC(=O)[C@H](Cc3ccc(C(=O)c4ccccc4)cc3)NC(=O)C(F)(F)F)[C@H]1[C@H]2C. The highest BCUT2D eigenvalue weighted by Crippen LogP contribution is 2.65. The number of likely N-dealkylation sites (tertiary alicyclic amines) is 1. The van der Waals surface area contributed by atoms with Gasteiger partial charge in [-0.15, -0.1) is 0 Å². The number of aliphatic hydroxyl groups is 1. The van der Waals surface area contributed by atoms with Gasteiger partial charge < -0.3 is 20.5 Å². The number of alkyl halides is 3. The first kappa shape index (κ1) is 41.0. The zero-order valence-corrected chi connectivity index (χ0v) is 34.1. The largest absolute Gasteiger partial charge is 0.471 e. The molecule has 58 heavy (non-hydrogen) atoms. The predicted octanol–water partition coefficient (Wildman–Crippen LogP) is 7.35. The molecule has 4 fully saturated rings. The highest BCUT2D eigenvalue weighted by Gasteiger charge is 2.61. The fourth-order valence-electron chi connectivity index (χ4n) is 12.4. The molecule has 0 radical (unpaired) electrons. The Kier molecular flexibility index (Phi) is 11.1. The topological polar surface area (TPSA) is 108 Å². The van der Waals surface area contributed by atoms with Gasteiger partial charge in [-0.05, 0) is 98.5 Å². The van der Waals surface area contributed by atoms with Gasteiger partial charge in [-0.2, -0.15) is 13.2 Å². The predicted molar refractivity (Wildman–Crippen MR) is 215 cm³/mol. The van der Waals surface area contributed by atoms with E-state index < -0.39 is 24.0 Å². The summed E-state index contributed by atoms with van der Waals surface area (Å²) < 4.78 is 47.5. The molecule has 2 heterocycles. The standard InChI is InChI=1S/C47H58F3N3O5/c1-27-22-40-41(29(3)46(58-40)19-17-35-36-15-14-33-24-34(54)16-18-45(33,4)38(36)25-37(35)28(46)2)53(26-27)21-20-51-43(56)39(52-44(57)47(48,49)50)23-30-10-12-32(13-11-30)42(55)31-8-6-5-7-9-31/h5-14,27,29,34-36,38-41,54H,15-26H2,1-4H3,(H,51,56)(H,52,57)/t27-,29+,34-,35-,36-,38-,39-,40+,41-,45-,46-/m0/s1. The Labute approximate surface area is 340 Å². The van der Waals surface area contributed by atoms with E-state index in [2.05, 4.69) is 44.0 Å². The van der Waals surface area contributed by atoms with Crippen molar-refractivity contribution in [2.75, 3.05) is 19.6 Å². The summed E-state index contributed by atoms with van der Waals surface area (Å²) in [5, 5.41) is 15.2. The van der Waals surface area contributed by atoms with Gasteiger partial charge in [-0.1, -0.05) is 92.6 Å². The molecule has 0 unspecified atom stereocenters. The van der Waals surface area contributed by atoms with E-state index >= 15 is 0 Å². The molecular formula is C47H58F3N3O5. The fourth-order valence-corrected chi connectivity index (χ4v) is 12.4. The van der Waals surface area contributed by atoms with Crippen molar-refractivity contribution in [2.45, 2.75) is 122 Å². The first-order valence-corrected chi connectivity index (χ1v) is 21.4. The smallest absolute Gasteiger partial charge is 0.393 e. The molecule has 3 N–H and O–H groups in total. The van der Waals surface area contributed by atoms with Crippen LogP contribution in [0.3, 0.4) is 0 Å². The number of aliphatic hydroxyl groups excluding tert-OH is 1. The second kappa shape index (κ2) is 15.7. The Balaban J connectivity index is 0.944. The number of hydrogen-bond acceptors (Lipinski definition) is 6. The van der Waals surface area contributed by atoms with Crippen molar-refractivity contribution in [3.05, 3.63) is 94.1 Å². The number of nitrogens with one attached hydrogen (secondary N) is 2. The van der Waals surface area contributed by atoms with Crippen LogP contribution in [0.4, 0.5) is 13.2 Å². The molecule has 2 amide bonds. The minimum atomic E-state index is -5.15. The van der Waals surface area contributed by atoms with Crippen LogP contribution in [0.15, 0.2) is 77.4 Å². The van der Waals surface area contributed by atoms with Crippen molar-refractivity contribution in [3.8, 4) is 0 Å². The lowest BCUT2D eigenvalue weighted by Gasteiger charge is -2.49. The van der Waals surface area contributed by atoms with Crippen LogP contribution in [0.25, 0.3) is 0 Å². The molecule has 2 aromatic carbocycles. The Bertz CT molecular complexity index is 1960. The van der Waals surface area contributed by atoms with E-state index in [-0.39, 0.29) is 53.9 Å². The summed E-state index contributed by atoms with van der Waals surface area (Å²) in [5.41, 5.74) is 5.70. The van der Waals surface area contributed by atoms with Gasteiger partial charge in [0.1, 0.15) is 6.04 Å². The van der Waals surface area contributed by atoms with Gasteiger partial charge in [0.2, 0.25) is 5.91 Å². The molecule has 2 saturated carbocycles. The van der Waals surface area contributed by atoms with Gasteiger partial charge >= 0.3 is 12.1 Å². The molecule has 11 heteroatoms. The number of ether oxygens (including phenoxy) is 1. The number of amides is 2. The second-order valence-corrected chi connectivity index (χ2v) is 18.6. The summed E-state index contributed by atoms with van der Waals surface area (Å²) in [6.45, 7) is 10.8. The summed E-state index contributed by atoms with van der Waals surface area (Å²) >= 11 is 0. The van der Waals surface area contributed by atoms with Gasteiger partial charge in [-0.3, -0.25) is 19.3 Å². The number of carbonyl (C=O) groups is 3. The number of allylic oxidation sites excluding steroid dienone is 2. The van der Waals surface area contributed by atoms with Gasteiger partial charge in [0.05, 0.1) is 17.8 Å². The third-order valence-corrected chi connectivity index (χ3v) is 15.4. The van der Waals surface area contributed by atoms with Crippen molar-refractivity contribution in [1.29, 1.82) is 0 Å². The normalized spacial score (nSPS) is 35.0. The monoisotopic (exact) mass is 801 g/mol. The van der Waals surface area contributed by atoms with Crippen LogP contribution < -0.4 is 10.6 Å². The number of hydrogen-bond donors (Lipinski definition) is 3. The molecule has 0 aromatic heterocycles. The Morgan fingerprint density at radius 2 is 1.72 bits per heavy atom. The van der Waals surface area contributed by atoms with Crippen molar-refractivity contribution in [1.82, 2.24) is 15.5 Å². The second-order valence-electron chi connectivity index (χ2n) is 18.6. The van der Waals surface area contributed by atoms with Crippen LogP contribution in [0, 0.1) is 35.0 Å². The Morgan fingerprint density at radius 3 is 2.45 bits per heavy atom. The molecule has 312 valence electrons. The molecule has 2 saturated heterocycles. The number of nitrogens with zero attached hydrogens (tertiary/aromatic N) is 1. The number of ketones is 1. The molecule has 2 aliphatic heterocycles. The Morgan fingerprint density at radius 1 is 1.00 bits per heavy atom. The van der Waals surface area contributed by atoms with Crippen LogP contribution in [0.1, 0.15) is 101 Å². The lowest BCUT2D eigenvalue weighted by Crippen LogP contribution is -2.55. The average molecular weight is 802 g/mol. The van der Waals surface area contributed by atoms with Crippen molar-refractivity contribution in [2.24, 2.45) is 35.0 Å². The highest BCUT2D eigenvalue weighted by molar-refractivity contribution is 6.09. The molecule has 0 bridgehead atoms. The number of fused-ring (bicyclic) bond motifs is 6. The first-order chi connectivity index (χ1) is 27.6. The molecule has 4 aliphatic carbocycles. The van der Waals surface area contributed by atoms with E-state index in [9.17, 15) is 32.7 Å². The van der Waals surface area contributed by atoms with Crippen LogP contribution in [-0.4, -0.2) is 83.3 Å². The van der Waals surface area contributed by atoms with Crippen LogP contribution >= 0.6 is 0 Å². The average Bonchev–Trinajstić information content (AvgIpc) is 3.72. The third kappa shape index (κ3) is 7.38. The molecule has 11 atom stereocenters. The van der Waals surface area contributed by atoms with Crippen LogP contribution in [-0.2, 0) is 20.7 Å². The summed E-state index contributed by atoms with van der Waals surface area (Å²) in [6, 6.07) is 13.8. The van der Waals surface area contributed by atoms with Gasteiger partial charge in [-0.25, -0.2) is 0 Å². The molecule has 2 aromatic rings. The molecule has 8 rings (SSSR count). The van der Waals surface area contributed by atoms with E-state index in [0.29, 0.717) is 46.9 Å². The van der Waals surface area contributed by atoms with Crippen molar-refractivity contribution >= 4 is 17.6 Å². The quantitative estimate of drug-likeness (QED) is 0.181. The van der Waals surface area contributed by atoms with E-state index in [1.807, 2.05) is 11.4 Å². The number of rotatable bonds is 9. The van der Waals surface area contributed by atoms with E-state index in [1.165, 1.54) is 11.1 Å². The molecule has 8 nitrogen and oxygen atoms in total. The first-order valence-electron chi connectivity index (χ1n) is 21.4. The van der Waals surface area contributed by atoms with E-state index in [0.717, 1.165) is 57.9 Å². The summed E-state index contributed by atoms with van der Waals surface area (Å²) in [7, 11) is 0. The van der Waals surface area contributed by atoms with E-state index in [4.69, 9.17) is 4.74 Å². The van der Waals surface area contributed by atoms with Gasteiger partial charge in [0, 0.05) is 49.1 Å². The molecule has 1 spiro atoms. The van der Waals surface area contributed by atoms with E-state index in [1.54, 1.807) is 54.1 Å². The van der Waals surface area contributed by atoms with Gasteiger partial charge in [0.15, 0.2) is 5.78 Å². The number of benzene rings is 2. The summed E-state index contributed by atoms with van der Waals surface area (Å²) in [5.74, 6) is -0.701. The minimum absolute atomic E-state index is 0.0337. The number of carbonyl (C=O) groups excluding carboxylic acids is 3. The zero-order valence-electron chi connectivity index (χ0n) is 34.1. The lowest BCUT2D eigenvalue weighted by atomic mass is 9.56. The maximum Gasteiger partial charge on any atom is 0.471 e. The van der Waals surface area contributed by atoms with Crippen LogP contribution in [0.2, 0.25) is 0 Å². The van der Waals surface area contributed by atoms with Gasteiger partial charge in [0.25, 0.3) is 0 Å². The van der Waals surface area contributed by atoms with Crippen molar-refractivity contribution in [3.63, 3.8) is 0 Å². The summed E-state index contributed by atoms with van der Waals surface area (Å²) in [4.78, 5) is 41.0. The molecule has 6 aliphatic rings. The highest BCUT2D eigenvalue weighted by atomic mass is 19.4. The summed E-state index contributed by atoms with van der Waals surface area (Å²) in [6.07, 6.45) is 4.91. The zero-order chi connectivity index (χ0) is 41.1. The van der Waals surface area contributed by atoms with Crippen molar-refractivity contribution < 1.29 is 37.4 Å². The molecular weight excluding hydrogens is 744 g/mol. The lowest BCUT2D eigenvalue weighted by molar-refractivity contribution is -0.174. The number of halogens is 3. The van der Waals surface area contributed by atoms with Crippen LogP contribution in [0.5, 0.6) is 0 Å².